The maximum atomic E-state index is 11.9. The third-order valence-corrected chi connectivity index (χ3v) is 4.70. The molecule has 1 aliphatic carbocycles. The van der Waals surface area contributed by atoms with Crippen LogP contribution in [0.5, 0.6) is 0 Å². The van der Waals surface area contributed by atoms with E-state index in [1.165, 1.54) is 18.4 Å². The zero-order chi connectivity index (χ0) is 14.0. The quantitative estimate of drug-likeness (QED) is 0.790. The van der Waals surface area contributed by atoms with Crippen molar-refractivity contribution in [2.75, 3.05) is 19.7 Å². The van der Waals surface area contributed by atoms with Crippen molar-refractivity contribution in [3.8, 4) is 0 Å². The summed E-state index contributed by atoms with van der Waals surface area (Å²) < 4.78 is 5.19. The van der Waals surface area contributed by atoms with Crippen LogP contribution in [0, 0.1) is 11.3 Å². The average molecular weight is 273 g/mol. The third-order valence-electron chi connectivity index (χ3n) is 4.70. The Morgan fingerprint density at radius 1 is 1.40 bits per heavy atom. The number of carbonyl (C=O) groups excluding carboxylic acids is 1. The van der Waals surface area contributed by atoms with Gasteiger partial charge in [0.05, 0.1) is 12.5 Å². The van der Waals surface area contributed by atoms with Crippen molar-refractivity contribution in [3.63, 3.8) is 0 Å². The van der Waals surface area contributed by atoms with E-state index < -0.39 is 0 Å². The minimum Gasteiger partial charge on any atom is -0.466 e. The molecule has 1 saturated heterocycles. The van der Waals surface area contributed by atoms with Gasteiger partial charge >= 0.3 is 5.97 Å². The van der Waals surface area contributed by atoms with E-state index in [0.29, 0.717) is 6.61 Å². The highest BCUT2D eigenvalue weighted by Crippen LogP contribution is 2.58. The van der Waals surface area contributed by atoms with E-state index in [9.17, 15) is 4.79 Å². The number of hydrogen-bond donors (Lipinski definition) is 0. The van der Waals surface area contributed by atoms with Crippen molar-refractivity contribution in [1.82, 2.24) is 4.90 Å². The number of rotatable bonds is 4. The second-order valence-electron chi connectivity index (χ2n) is 6.17. The van der Waals surface area contributed by atoms with E-state index in [0.717, 1.165) is 26.1 Å². The first-order valence-corrected chi connectivity index (χ1v) is 7.66. The molecule has 0 aromatic heterocycles. The fraction of sp³-hybridized carbons (Fsp3) is 0.588. The Kier molecular flexibility index (Phi) is 3.79. The van der Waals surface area contributed by atoms with Crippen LogP contribution in [0.25, 0.3) is 0 Å². The monoisotopic (exact) mass is 273 g/mol. The highest BCUT2D eigenvalue weighted by molar-refractivity contribution is 5.77. The summed E-state index contributed by atoms with van der Waals surface area (Å²) in [5, 5.41) is 0. The van der Waals surface area contributed by atoms with E-state index in [2.05, 4.69) is 35.2 Å². The molecule has 2 atom stereocenters. The van der Waals surface area contributed by atoms with Crippen LogP contribution in [0.3, 0.4) is 0 Å². The second kappa shape index (κ2) is 5.57. The molecule has 1 spiro atoms. The minimum atomic E-state index is 0.0223. The smallest absolute Gasteiger partial charge is 0.309 e. The molecule has 3 nitrogen and oxygen atoms in total. The number of ether oxygens (including phenoxy) is 1. The molecule has 1 aliphatic heterocycles. The van der Waals surface area contributed by atoms with E-state index in [1.54, 1.807) is 0 Å². The van der Waals surface area contributed by atoms with Gasteiger partial charge in [0.1, 0.15) is 0 Å². The largest absolute Gasteiger partial charge is 0.466 e. The van der Waals surface area contributed by atoms with Crippen molar-refractivity contribution < 1.29 is 9.53 Å². The fourth-order valence-corrected chi connectivity index (χ4v) is 3.61. The lowest BCUT2D eigenvalue weighted by atomic mass is 9.92. The molecule has 0 bridgehead atoms. The SMILES string of the molecule is CCOC(=O)C1CC12CCCN(Cc1ccccc1)C2. The number of hydrogen-bond acceptors (Lipinski definition) is 3. The molecule has 1 aromatic carbocycles. The molecule has 0 N–H and O–H groups in total. The topological polar surface area (TPSA) is 29.5 Å². The van der Waals surface area contributed by atoms with E-state index in [-0.39, 0.29) is 17.3 Å². The van der Waals surface area contributed by atoms with Crippen LogP contribution in [-0.2, 0) is 16.1 Å². The second-order valence-corrected chi connectivity index (χ2v) is 6.17. The van der Waals surface area contributed by atoms with Gasteiger partial charge in [-0.3, -0.25) is 9.69 Å². The van der Waals surface area contributed by atoms with Gasteiger partial charge in [0, 0.05) is 13.1 Å². The summed E-state index contributed by atoms with van der Waals surface area (Å²) in [7, 11) is 0. The number of carbonyl (C=O) groups is 1. The first-order chi connectivity index (χ1) is 9.73. The van der Waals surface area contributed by atoms with Crippen molar-refractivity contribution in [3.05, 3.63) is 35.9 Å². The number of nitrogens with zero attached hydrogens (tertiary/aromatic N) is 1. The summed E-state index contributed by atoms with van der Waals surface area (Å²) in [6.07, 6.45) is 3.40. The molecule has 1 saturated carbocycles. The molecule has 2 aliphatic rings. The van der Waals surface area contributed by atoms with Gasteiger partial charge in [-0.1, -0.05) is 30.3 Å². The summed E-state index contributed by atoms with van der Waals surface area (Å²) in [4.78, 5) is 14.4. The number of esters is 1. The Morgan fingerprint density at radius 3 is 2.95 bits per heavy atom. The van der Waals surface area contributed by atoms with Gasteiger partial charge in [-0.15, -0.1) is 0 Å². The zero-order valence-corrected chi connectivity index (χ0v) is 12.2. The Balaban J connectivity index is 1.59. The number of benzene rings is 1. The lowest BCUT2D eigenvalue weighted by molar-refractivity contribution is -0.146. The maximum Gasteiger partial charge on any atom is 0.309 e. The highest BCUT2D eigenvalue weighted by atomic mass is 16.5. The van der Waals surface area contributed by atoms with Crippen LogP contribution < -0.4 is 0 Å². The fourth-order valence-electron chi connectivity index (χ4n) is 3.61. The van der Waals surface area contributed by atoms with E-state index >= 15 is 0 Å². The van der Waals surface area contributed by atoms with Gasteiger partial charge in [-0.05, 0) is 43.7 Å². The van der Waals surface area contributed by atoms with Gasteiger partial charge < -0.3 is 4.74 Å². The third kappa shape index (κ3) is 2.73. The minimum absolute atomic E-state index is 0.0223. The van der Waals surface area contributed by atoms with Crippen molar-refractivity contribution in [1.29, 1.82) is 0 Å². The molecule has 3 rings (SSSR count). The van der Waals surface area contributed by atoms with E-state index in [1.807, 2.05) is 6.92 Å². The molecule has 108 valence electrons. The maximum absolute atomic E-state index is 11.9. The molecule has 1 heterocycles. The van der Waals surface area contributed by atoms with Gasteiger partial charge in [-0.25, -0.2) is 0 Å². The van der Waals surface area contributed by atoms with Gasteiger partial charge in [0.15, 0.2) is 0 Å². The predicted octanol–water partition coefficient (Wildman–Crippen LogP) is 2.85. The Morgan fingerprint density at radius 2 is 2.20 bits per heavy atom. The van der Waals surface area contributed by atoms with Crippen LogP contribution in [0.15, 0.2) is 30.3 Å². The van der Waals surface area contributed by atoms with Gasteiger partial charge in [0.25, 0.3) is 0 Å². The first-order valence-electron chi connectivity index (χ1n) is 7.66. The molecular formula is C17H23NO2. The predicted molar refractivity (Wildman–Crippen MR) is 78.1 cm³/mol. The normalized spacial score (nSPS) is 29.4. The van der Waals surface area contributed by atoms with Crippen molar-refractivity contribution >= 4 is 5.97 Å². The van der Waals surface area contributed by atoms with Gasteiger partial charge in [0.2, 0.25) is 0 Å². The molecule has 1 aromatic rings. The van der Waals surface area contributed by atoms with Crippen molar-refractivity contribution in [2.45, 2.75) is 32.7 Å². The zero-order valence-electron chi connectivity index (χ0n) is 12.2. The summed E-state index contributed by atoms with van der Waals surface area (Å²) in [5.41, 5.74) is 1.58. The number of piperidine rings is 1. The molecule has 3 heteroatoms. The standard InChI is InChI=1S/C17H23NO2/c1-2-20-16(19)15-11-17(15)9-6-10-18(13-17)12-14-7-4-3-5-8-14/h3-5,7-8,15H,2,6,9-13H2,1H3. The molecule has 2 unspecified atom stereocenters. The van der Waals surface area contributed by atoms with E-state index in [4.69, 9.17) is 4.74 Å². The summed E-state index contributed by atoms with van der Waals surface area (Å²) in [5.74, 6) is 0.176. The highest BCUT2D eigenvalue weighted by Gasteiger charge is 2.59. The average Bonchev–Trinajstić information content (AvgIpc) is 3.14. The van der Waals surface area contributed by atoms with Crippen molar-refractivity contribution in [2.24, 2.45) is 11.3 Å². The Labute approximate surface area is 120 Å². The Hall–Kier alpha value is -1.35. The lowest BCUT2D eigenvalue weighted by Crippen LogP contribution is -2.37. The summed E-state index contributed by atoms with van der Waals surface area (Å²) >= 11 is 0. The lowest BCUT2D eigenvalue weighted by Gasteiger charge is -2.33. The molecule has 0 amide bonds. The van der Waals surface area contributed by atoms with Crippen LogP contribution in [0.4, 0.5) is 0 Å². The number of likely N-dealkylation sites (tertiary alicyclic amines) is 1. The summed E-state index contributed by atoms with van der Waals surface area (Å²) in [6.45, 7) is 5.57. The first kappa shape index (κ1) is 13.6. The molecule has 0 radical (unpaired) electrons. The molecule has 20 heavy (non-hydrogen) atoms. The van der Waals surface area contributed by atoms with Crippen LogP contribution in [0.2, 0.25) is 0 Å². The Bertz CT molecular complexity index is 473. The molecule has 2 fully saturated rings. The van der Waals surface area contributed by atoms with Gasteiger partial charge in [-0.2, -0.15) is 0 Å². The summed E-state index contributed by atoms with van der Waals surface area (Å²) in [6, 6.07) is 10.6. The molecular weight excluding hydrogens is 250 g/mol. The van der Waals surface area contributed by atoms with Crippen LogP contribution in [-0.4, -0.2) is 30.6 Å². The van der Waals surface area contributed by atoms with Crippen LogP contribution in [0.1, 0.15) is 31.7 Å². The van der Waals surface area contributed by atoms with Crippen LogP contribution >= 0.6 is 0 Å².